The summed E-state index contributed by atoms with van der Waals surface area (Å²) in [5.74, 6) is -0.715. The van der Waals surface area contributed by atoms with Crippen molar-refractivity contribution >= 4 is 58.3 Å². The van der Waals surface area contributed by atoms with Gasteiger partial charge in [-0.15, -0.1) is 23.1 Å². The molecule has 3 N–H and O–H groups in total. The maximum Gasteiger partial charge on any atom is 0.272 e. The van der Waals surface area contributed by atoms with Gasteiger partial charge in [-0.2, -0.15) is 0 Å². The van der Waals surface area contributed by atoms with Crippen LogP contribution < -0.4 is 16.0 Å². The van der Waals surface area contributed by atoms with Crippen molar-refractivity contribution in [2.24, 2.45) is 0 Å². The maximum atomic E-state index is 13.1. The first kappa shape index (κ1) is 25.0. The number of hydrogen-bond donors (Lipinski definition) is 3. The second-order valence-corrected chi connectivity index (χ2v) is 9.61. The molecule has 0 saturated heterocycles. The van der Waals surface area contributed by atoms with Crippen LogP contribution in [0.1, 0.15) is 15.2 Å². The highest BCUT2D eigenvalue weighted by molar-refractivity contribution is 8.00. The zero-order chi connectivity index (χ0) is 25.2. The Bertz CT molecular complexity index is 1360. The monoisotopic (exact) mass is 513 g/mol. The average Bonchev–Trinajstić information content (AvgIpc) is 3.42. The maximum absolute atomic E-state index is 13.1. The van der Waals surface area contributed by atoms with Crippen molar-refractivity contribution in [3.63, 3.8) is 0 Å². The molecule has 0 atom stereocenters. The largest absolute Gasteiger partial charge is 0.325 e. The Balaban J connectivity index is 1.41. The van der Waals surface area contributed by atoms with Gasteiger partial charge in [0.15, 0.2) is 0 Å². The summed E-state index contributed by atoms with van der Waals surface area (Å²) < 4.78 is 0. The molecule has 3 amide bonds. The summed E-state index contributed by atoms with van der Waals surface area (Å²) in [5.41, 5.74) is 1.88. The highest BCUT2D eigenvalue weighted by atomic mass is 32.2. The highest BCUT2D eigenvalue weighted by Crippen LogP contribution is 2.23. The van der Waals surface area contributed by atoms with Gasteiger partial charge in [-0.25, -0.2) is 0 Å². The summed E-state index contributed by atoms with van der Waals surface area (Å²) >= 11 is 2.82. The van der Waals surface area contributed by atoms with E-state index in [0.29, 0.717) is 11.3 Å². The molecule has 0 bridgehead atoms. The summed E-state index contributed by atoms with van der Waals surface area (Å²) in [6, 6.07) is 29.0. The number of nitrogens with one attached hydrogen (secondary N) is 3. The minimum Gasteiger partial charge on any atom is -0.325 e. The van der Waals surface area contributed by atoms with Crippen LogP contribution in [-0.2, 0) is 9.59 Å². The summed E-state index contributed by atoms with van der Waals surface area (Å²) in [6.07, 6.45) is 1.65. The lowest BCUT2D eigenvalue weighted by atomic mass is 10.2. The highest BCUT2D eigenvalue weighted by Gasteiger charge is 2.15. The van der Waals surface area contributed by atoms with Crippen molar-refractivity contribution in [3.8, 4) is 0 Å². The number of rotatable bonds is 9. The molecule has 0 aliphatic heterocycles. The number of thioether (sulfide) groups is 1. The number of carbonyl (C=O) groups excluding carboxylic acids is 3. The molecule has 6 nitrogen and oxygen atoms in total. The van der Waals surface area contributed by atoms with Crippen LogP contribution in [0.2, 0.25) is 0 Å². The van der Waals surface area contributed by atoms with Gasteiger partial charge < -0.3 is 16.0 Å². The molecule has 1 aromatic heterocycles. The van der Waals surface area contributed by atoms with E-state index in [2.05, 4.69) is 16.0 Å². The molecule has 0 saturated carbocycles. The molecule has 1 heterocycles. The fourth-order valence-electron chi connectivity index (χ4n) is 3.19. The average molecular weight is 514 g/mol. The van der Waals surface area contributed by atoms with E-state index in [1.54, 1.807) is 48.5 Å². The van der Waals surface area contributed by atoms with E-state index in [-0.39, 0.29) is 23.3 Å². The summed E-state index contributed by atoms with van der Waals surface area (Å²) in [4.78, 5) is 39.8. The van der Waals surface area contributed by atoms with Gasteiger partial charge in [0.1, 0.15) is 5.70 Å². The molecule has 4 rings (SSSR count). The van der Waals surface area contributed by atoms with E-state index < -0.39 is 5.91 Å². The molecular formula is C28H23N3O3S2. The minimum atomic E-state index is -0.448. The SMILES string of the molecule is O=C(CSc1cccc(NC(=O)/C(=C/c2cccs2)NC(=O)c2ccccc2)c1)Nc1ccccc1. The van der Waals surface area contributed by atoms with Crippen LogP contribution in [0.4, 0.5) is 11.4 Å². The molecule has 180 valence electrons. The predicted octanol–water partition coefficient (Wildman–Crippen LogP) is 5.89. The number of anilines is 2. The zero-order valence-corrected chi connectivity index (χ0v) is 20.8. The Morgan fingerprint density at radius 3 is 2.22 bits per heavy atom. The quantitative estimate of drug-likeness (QED) is 0.192. The Morgan fingerprint density at radius 2 is 1.50 bits per heavy atom. The van der Waals surface area contributed by atoms with Crippen LogP contribution in [0.5, 0.6) is 0 Å². The topological polar surface area (TPSA) is 87.3 Å². The van der Waals surface area contributed by atoms with E-state index in [1.165, 1.54) is 23.1 Å². The van der Waals surface area contributed by atoms with E-state index in [1.807, 2.05) is 60.0 Å². The van der Waals surface area contributed by atoms with Gasteiger partial charge in [-0.3, -0.25) is 14.4 Å². The number of benzene rings is 3. The summed E-state index contributed by atoms with van der Waals surface area (Å²) in [5, 5.41) is 10.3. The third-order valence-electron chi connectivity index (χ3n) is 4.88. The first-order valence-electron chi connectivity index (χ1n) is 11.1. The first-order valence-corrected chi connectivity index (χ1v) is 12.9. The van der Waals surface area contributed by atoms with E-state index in [9.17, 15) is 14.4 Å². The fraction of sp³-hybridized carbons (Fsp3) is 0.0357. The zero-order valence-electron chi connectivity index (χ0n) is 19.1. The smallest absolute Gasteiger partial charge is 0.272 e. The molecule has 0 aliphatic carbocycles. The van der Waals surface area contributed by atoms with Crippen LogP contribution in [-0.4, -0.2) is 23.5 Å². The molecule has 0 radical (unpaired) electrons. The second-order valence-electron chi connectivity index (χ2n) is 7.58. The molecular weight excluding hydrogens is 490 g/mol. The Kier molecular flexibility index (Phi) is 8.69. The number of para-hydroxylation sites is 1. The first-order chi connectivity index (χ1) is 17.6. The lowest BCUT2D eigenvalue weighted by Gasteiger charge is -2.12. The van der Waals surface area contributed by atoms with Gasteiger partial charge >= 0.3 is 0 Å². The molecule has 8 heteroatoms. The van der Waals surface area contributed by atoms with Gasteiger partial charge in [0.25, 0.3) is 11.8 Å². The van der Waals surface area contributed by atoms with Crippen molar-refractivity contribution in [1.82, 2.24) is 5.32 Å². The predicted molar refractivity (Wildman–Crippen MR) is 147 cm³/mol. The van der Waals surface area contributed by atoms with Gasteiger partial charge in [0.05, 0.1) is 5.75 Å². The molecule has 0 aliphatic rings. The molecule has 0 fully saturated rings. The molecule has 3 aromatic carbocycles. The molecule has 36 heavy (non-hydrogen) atoms. The van der Waals surface area contributed by atoms with Crippen LogP contribution in [0, 0.1) is 0 Å². The Morgan fingerprint density at radius 1 is 0.778 bits per heavy atom. The van der Waals surface area contributed by atoms with Crippen LogP contribution in [0.3, 0.4) is 0 Å². The molecule has 0 unspecified atom stereocenters. The number of amides is 3. The normalized spacial score (nSPS) is 10.9. The van der Waals surface area contributed by atoms with Crippen molar-refractivity contribution in [2.45, 2.75) is 4.90 Å². The van der Waals surface area contributed by atoms with Crippen molar-refractivity contribution < 1.29 is 14.4 Å². The van der Waals surface area contributed by atoms with Gasteiger partial charge in [0.2, 0.25) is 5.91 Å². The van der Waals surface area contributed by atoms with Gasteiger partial charge in [0, 0.05) is 26.7 Å². The van der Waals surface area contributed by atoms with Crippen LogP contribution >= 0.6 is 23.1 Å². The Labute approximate surface area is 217 Å². The van der Waals surface area contributed by atoms with E-state index in [4.69, 9.17) is 0 Å². The van der Waals surface area contributed by atoms with E-state index in [0.717, 1.165) is 15.5 Å². The second kappa shape index (κ2) is 12.5. The van der Waals surface area contributed by atoms with Crippen molar-refractivity contribution in [2.75, 3.05) is 16.4 Å². The number of hydrogen-bond acceptors (Lipinski definition) is 5. The lowest BCUT2D eigenvalue weighted by Crippen LogP contribution is -2.30. The molecule has 4 aromatic rings. The minimum absolute atomic E-state index is 0.120. The Hall–Kier alpha value is -4.14. The number of thiophene rings is 1. The van der Waals surface area contributed by atoms with Crippen molar-refractivity contribution in [1.29, 1.82) is 0 Å². The van der Waals surface area contributed by atoms with Crippen molar-refractivity contribution in [3.05, 3.63) is 119 Å². The third kappa shape index (κ3) is 7.43. The van der Waals surface area contributed by atoms with E-state index >= 15 is 0 Å². The summed E-state index contributed by atoms with van der Waals surface area (Å²) in [7, 11) is 0. The third-order valence-corrected chi connectivity index (χ3v) is 6.69. The van der Waals surface area contributed by atoms with Gasteiger partial charge in [-0.1, -0.05) is 48.5 Å². The van der Waals surface area contributed by atoms with Crippen LogP contribution in [0.25, 0.3) is 6.08 Å². The number of carbonyl (C=O) groups is 3. The fourth-order valence-corrected chi connectivity index (χ4v) is 4.60. The van der Waals surface area contributed by atoms with Gasteiger partial charge in [-0.05, 0) is 60.0 Å². The lowest BCUT2D eigenvalue weighted by molar-refractivity contribution is -0.114. The standard InChI is InChI=1S/C28H23N3O3S2/c32-26(29-21-11-5-2-6-12-21)19-36-23-14-7-13-22(17-23)30-28(34)25(18-24-15-8-16-35-24)31-27(33)20-9-3-1-4-10-20/h1-18H,19H2,(H,29,32)(H,30,34)(H,31,33)/b25-18-. The molecule has 0 spiro atoms. The summed E-state index contributed by atoms with van der Waals surface area (Å²) in [6.45, 7) is 0. The van der Waals surface area contributed by atoms with Crippen LogP contribution in [0.15, 0.2) is 113 Å².